The van der Waals surface area contributed by atoms with E-state index in [4.69, 9.17) is 0 Å². The third kappa shape index (κ3) is 3.19. The molecular formula is C3H2F4N2O7S. The summed E-state index contributed by atoms with van der Waals surface area (Å²) in [6, 6.07) is 0. The maximum absolute atomic E-state index is 12.8. The summed E-state index contributed by atoms with van der Waals surface area (Å²) in [7, 11) is -6.35. The van der Waals surface area contributed by atoms with Crippen molar-refractivity contribution in [3.05, 3.63) is 20.2 Å². The molecule has 0 aromatic heterocycles. The van der Waals surface area contributed by atoms with Crippen molar-refractivity contribution in [2.45, 2.75) is 11.4 Å². The minimum atomic E-state index is -6.35. The van der Waals surface area contributed by atoms with Gasteiger partial charge in [-0.3, -0.25) is 20.2 Å². The number of hydrogen-bond donors (Lipinski definition) is 0. The molecule has 0 aromatic rings. The average Bonchev–Trinajstić information content (AvgIpc) is 2.11. The minimum absolute atomic E-state index is 2.22. The molecule has 0 heterocycles. The van der Waals surface area contributed by atoms with Gasteiger partial charge in [-0.05, 0) is 0 Å². The van der Waals surface area contributed by atoms with Crippen LogP contribution in [0.15, 0.2) is 0 Å². The largest absolute Gasteiger partial charge is 0.639 e. The molecule has 0 amide bonds. The summed E-state index contributed by atoms with van der Waals surface area (Å²) in [5, 5.41) is 19.7. The molecule has 0 fully saturated rings. The first-order valence-electron chi connectivity index (χ1n) is 3.28. The van der Waals surface area contributed by atoms with Gasteiger partial charge in [-0.1, -0.05) is 4.39 Å². The van der Waals surface area contributed by atoms with Crippen LogP contribution in [0.5, 0.6) is 0 Å². The Hall–Kier alpha value is -1.57. The Bertz CT molecular complexity index is 415. The van der Waals surface area contributed by atoms with Crippen molar-refractivity contribution in [3.8, 4) is 0 Å². The van der Waals surface area contributed by atoms with Crippen LogP contribution in [-0.2, 0) is 14.3 Å². The van der Waals surface area contributed by atoms with E-state index in [0.717, 1.165) is 0 Å². The lowest BCUT2D eigenvalue weighted by atomic mass is 10.5. The van der Waals surface area contributed by atoms with Gasteiger partial charge in [0, 0.05) is 0 Å². The van der Waals surface area contributed by atoms with Crippen molar-refractivity contribution in [1.29, 1.82) is 0 Å². The molecule has 0 atom stereocenters. The monoisotopic (exact) mass is 286 g/mol. The molecule has 0 aliphatic rings. The molecular weight excluding hydrogens is 284 g/mol. The Morgan fingerprint density at radius 3 is 1.65 bits per heavy atom. The highest BCUT2D eigenvalue weighted by Crippen LogP contribution is 2.26. The number of rotatable bonds is 5. The normalized spacial score (nSPS) is 13.4. The second-order valence-corrected chi connectivity index (χ2v) is 4.00. The van der Waals surface area contributed by atoms with Crippen LogP contribution < -0.4 is 0 Å². The molecule has 0 aliphatic heterocycles. The predicted molar refractivity (Wildman–Crippen MR) is 38.8 cm³/mol. The van der Waals surface area contributed by atoms with E-state index in [0.29, 0.717) is 0 Å². The standard InChI is InChI=1S/C3H2F4N2O7S/c4-2(8(10)11,9(12)13)1-16-17(14,15)3(5,6)7/h1H2. The summed E-state index contributed by atoms with van der Waals surface area (Å²) in [4.78, 5) is 15.3. The van der Waals surface area contributed by atoms with Gasteiger partial charge in [0.15, 0.2) is 0 Å². The summed E-state index contributed by atoms with van der Waals surface area (Å²) >= 11 is 0. The second-order valence-electron chi connectivity index (χ2n) is 2.40. The van der Waals surface area contributed by atoms with Gasteiger partial charge >= 0.3 is 21.5 Å². The van der Waals surface area contributed by atoms with E-state index in [1.807, 2.05) is 0 Å². The summed E-state index contributed by atoms with van der Waals surface area (Å²) in [6.07, 6.45) is 0. The summed E-state index contributed by atoms with van der Waals surface area (Å²) in [6.45, 7) is -2.53. The van der Waals surface area contributed by atoms with E-state index < -0.39 is 38.0 Å². The van der Waals surface area contributed by atoms with E-state index in [-0.39, 0.29) is 0 Å². The fraction of sp³-hybridized carbons (Fsp3) is 1.00. The van der Waals surface area contributed by atoms with Crippen LogP contribution in [0.3, 0.4) is 0 Å². The molecule has 0 saturated carbocycles. The molecule has 0 saturated heterocycles. The van der Waals surface area contributed by atoms with Crippen molar-refractivity contribution in [1.82, 2.24) is 0 Å². The van der Waals surface area contributed by atoms with Crippen LogP contribution in [0.25, 0.3) is 0 Å². The van der Waals surface area contributed by atoms with Crippen LogP contribution in [-0.4, -0.2) is 36.3 Å². The van der Waals surface area contributed by atoms with Gasteiger partial charge in [0.2, 0.25) is 6.61 Å². The van der Waals surface area contributed by atoms with Gasteiger partial charge < -0.3 is 0 Å². The van der Waals surface area contributed by atoms with Crippen molar-refractivity contribution >= 4 is 10.1 Å². The predicted octanol–water partition coefficient (Wildman–Crippen LogP) is 0.0293. The number of halogens is 4. The molecule has 0 bridgehead atoms. The molecule has 0 spiro atoms. The third-order valence-corrected chi connectivity index (χ3v) is 2.24. The highest BCUT2D eigenvalue weighted by atomic mass is 32.2. The van der Waals surface area contributed by atoms with Crippen molar-refractivity contribution in [2.75, 3.05) is 6.61 Å². The van der Waals surface area contributed by atoms with Crippen molar-refractivity contribution < 1.29 is 40.0 Å². The Kier molecular flexibility index (Phi) is 3.96. The molecule has 100 valence electrons. The number of alkyl halides is 4. The van der Waals surface area contributed by atoms with Gasteiger partial charge in [-0.25, -0.2) is 4.18 Å². The number of nitrogens with zero attached hydrogens (tertiary/aromatic N) is 2. The Labute approximate surface area is 89.4 Å². The number of nitro groups is 2. The van der Waals surface area contributed by atoms with Crippen molar-refractivity contribution in [3.63, 3.8) is 0 Å². The second kappa shape index (κ2) is 4.36. The first kappa shape index (κ1) is 15.4. The minimum Gasteiger partial charge on any atom is -0.256 e. The maximum Gasteiger partial charge on any atom is 0.639 e. The van der Waals surface area contributed by atoms with Gasteiger partial charge in [0.25, 0.3) is 0 Å². The molecule has 0 aromatic carbocycles. The summed E-state index contributed by atoms with van der Waals surface area (Å²) in [5.74, 6) is -4.68. The van der Waals surface area contributed by atoms with Crippen LogP contribution in [0, 0.1) is 20.2 Å². The molecule has 9 nitrogen and oxygen atoms in total. The average molecular weight is 286 g/mol. The van der Waals surface area contributed by atoms with Gasteiger partial charge in [-0.2, -0.15) is 21.6 Å². The van der Waals surface area contributed by atoms with Crippen LogP contribution in [0.1, 0.15) is 0 Å². The van der Waals surface area contributed by atoms with Gasteiger partial charge in [0.1, 0.15) is 9.85 Å². The first-order valence-corrected chi connectivity index (χ1v) is 4.69. The zero-order chi connectivity index (χ0) is 14.1. The highest BCUT2D eigenvalue weighted by Gasteiger charge is 2.61. The van der Waals surface area contributed by atoms with Crippen LogP contribution in [0.2, 0.25) is 0 Å². The molecule has 0 N–H and O–H groups in total. The SMILES string of the molecule is O=[N+]([O-])C(F)(COS(=O)(=O)C(F)(F)F)[N+](=O)[O-]. The summed E-state index contributed by atoms with van der Waals surface area (Å²) in [5.41, 5.74) is -5.97. The van der Waals surface area contributed by atoms with Gasteiger partial charge in [0.05, 0.1) is 0 Å². The van der Waals surface area contributed by atoms with E-state index in [1.54, 1.807) is 0 Å². The quantitative estimate of drug-likeness (QED) is 0.132. The summed E-state index contributed by atoms with van der Waals surface area (Å²) < 4.78 is 70.9. The zero-order valence-corrected chi connectivity index (χ0v) is 8.20. The van der Waals surface area contributed by atoms with E-state index in [2.05, 4.69) is 4.18 Å². The van der Waals surface area contributed by atoms with Crippen LogP contribution in [0.4, 0.5) is 17.6 Å². The Balaban J connectivity index is 5.01. The first-order chi connectivity index (χ1) is 7.34. The maximum atomic E-state index is 12.8. The fourth-order valence-corrected chi connectivity index (χ4v) is 0.830. The Morgan fingerprint density at radius 1 is 1.06 bits per heavy atom. The lowest BCUT2D eigenvalue weighted by molar-refractivity contribution is -0.832. The Morgan fingerprint density at radius 2 is 1.41 bits per heavy atom. The molecule has 0 radical (unpaired) electrons. The third-order valence-electron chi connectivity index (χ3n) is 1.24. The van der Waals surface area contributed by atoms with E-state index in [1.165, 1.54) is 0 Å². The lowest BCUT2D eigenvalue weighted by Gasteiger charge is -2.10. The zero-order valence-electron chi connectivity index (χ0n) is 7.38. The van der Waals surface area contributed by atoms with Crippen LogP contribution >= 0.6 is 0 Å². The fourth-order valence-electron chi connectivity index (χ4n) is 0.391. The molecule has 0 aliphatic carbocycles. The topological polar surface area (TPSA) is 130 Å². The van der Waals surface area contributed by atoms with Gasteiger partial charge in [-0.15, -0.1) is 0 Å². The molecule has 17 heavy (non-hydrogen) atoms. The van der Waals surface area contributed by atoms with E-state index >= 15 is 0 Å². The molecule has 0 rings (SSSR count). The molecule has 14 heteroatoms. The van der Waals surface area contributed by atoms with E-state index in [9.17, 15) is 46.2 Å². The van der Waals surface area contributed by atoms with Crippen molar-refractivity contribution in [2.24, 2.45) is 0 Å². The smallest absolute Gasteiger partial charge is 0.256 e. The highest BCUT2D eigenvalue weighted by molar-refractivity contribution is 7.87. The number of hydrogen-bond acceptors (Lipinski definition) is 7. The lowest BCUT2D eigenvalue weighted by Crippen LogP contribution is -2.47. The molecule has 0 unspecified atom stereocenters.